The average Bonchev–Trinajstić information content (AvgIpc) is 3.35. The van der Waals surface area contributed by atoms with E-state index in [1.807, 2.05) is 42.5 Å². The fourth-order valence-electron chi connectivity index (χ4n) is 3.65. The van der Waals surface area contributed by atoms with Gasteiger partial charge in [0.2, 0.25) is 5.89 Å². The molecule has 0 bridgehead atoms. The Hall–Kier alpha value is -2.88. The van der Waals surface area contributed by atoms with Crippen molar-refractivity contribution in [3.63, 3.8) is 0 Å². The molecule has 1 atom stereocenters. The summed E-state index contributed by atoms with van der Waals surface area (Å²) in [6.45, 7) is 4.91. The number of likely N-dealkylation sites (tertiary alicyclic amines) is 1. The fraction of sp³-hybridized carbons (Fsp3) is 0.417. The number of piperidine rings is 1. The van der Waals surface area contributed by atoms with E-state index in [0.717, 1.165) is 37.4 Å². The number of hydrogen-bond acceptors (Lipinski definition) is 7. The predicted molar refractivity (Wildman–Crippen MR) is 124 cm³/mol. The summed E-state index contributed by atoms with van der Waals surface area (Å²) < 4.78 is 29.7. The number of benzene rings is 2. The number of aliphatic hydroxyl groups excluding tert-OH is 1. The lowest BCUT2D eigenvalue weighted by Crippen LogP contribution is -2.39. The first-order valence-electron chi connectivity index (χ1n) is 11.1. The number of hydrogen-bond donors (Lipinski definition) is 3. The Kier molecular flexibility index (Phi) is 9.74. The van der Waals surface area contributed by atoms with Gasteiger partial charge in [-0.3, -0.25) is 0 Å². The first kappa shape index (κ1) is 24.8. The SMILES string of the molecule is FC(F)c1nnc(-c2ccc(CNc3ccccc3)cc2)o1.NCCN1CCCC(CO)C1. The highest BCUT2D eigenvalue weighted by molar-refractivity contribution is 5.53. The number of rotatable bonds is 8. The molecular weight excluding hydrogens is 428 g/mol. The standard InChI is InChI=1S/C16H13F2N3O.C8H18N2O/c17-14(18)16-21-20-15(22-16)12-8-6-11(7-9-12)10-19-13-4-2-1-3-5-13;9-3-5-10-4-1-2-8(6-10)7-11/h1-9,14,19H,10H2;8,11H,1-7,9H2. The van der Waals surface area contributed by atoms with Crippen LogP contribution in [0.1, 0.15) is 30.7 Å². The number of halogens is 2. The van der Waals surface area contributed by atoms with Crippen molar-refractivity contribution in [1.29, 1.82) is 0 Å². The second kappa shape index (κ2) is 13.0. The van der Waals surface area contributed by atoms with Crippen molar-refractivity contribution >= 4 is 5.69 Å². The Labute approximate surface area is 192 Å². The van der Waals surface area contributed by atoms with Gasteiger partial charge in [0.25, 0.3) is 5.89 Å². The molecule has 0 radical (unpaired) electrons. The number of aliphatic hydroxyl groups is 1. The summed E-state index contributed by atoms with van der Waals surface area (Å²) in [4.78, 5) is 2.34. The van der Waals surface area contributed by atoms with E-state index >= 15 is 0 Å². The molecule has 3 aromatic rings. The van der Waals surface area contributed by atoms with Crippen molar-refractivity contribution in [2.45, 2.75) is 25.8 Å². The molecule has 0 amide bonds. The molecule has 7 nitrogen and oxygen atoms in total. The number of aromatic nitrogens is 2. The van der Waals surface area contributed by atoms with E-state index in [-0.39, 0.29) is 5.89 Å². The molecular formula is C24H31F2N5O2. The number of nitrogens with one attached hydrogen (secondary N) is 1. The molecule has 1 aliphatic rings. The quantitative estimate of drug-likeness (QED) is 0.469. The van der Waals surface area contributed by atoms with Crippen LogP contribution in [0.25, 0.3) is 11.5 Å². The lowest BCUT2D eigenvalue weighted by atomic mass is 9.99. The minimum absolute atomic E-state index is 0.0952. The molecule has 0 aliphatic carbocycles. The van der Waals surface area contributed by atoms with Crippen LogP contribution < -0.4 is 11.1 Å². The molecule has 1 fully saturated rings. The van der Waals surface area contributed by atoms with Crippen LogP contribution in [0.4, 0.5) is 14.5 Å². The van der Waals surface area contributed by atoms with Gasteiger partial charge in [-0.2, -0.15) is 8.78 Å². The molecule has 1 aromatic heterocycles. The Balaban J connectivity index is 0.000000235. The first-order valence-corrected chi connectivity index (χ1v) is 11.1. The van der Waals surface area contributed by atoms with Crippen LogP contribution in [0.5, 0.6) is 0 Å². The van der Waals surface area contributed by atoms with Crippen molar-refractivity contribution in [1.82, 2.24) is 15.1 Å². The largest absolute Gasteiger partial charge is 0.415 e. The van der Waals surface area contributed by atoms with Gasteiger partial charge in [-0.1, -0.05) is 30.3 Å². The third-order valence-corrected chi connectivity index (χ3v) is 5.41. The molecule has 1 unspecified atom stereocenters. The van der Waals surface area contributed by atoms with Crippen LogP contribution in [-0.4, -0.2) is 53.0 Å². The zero-order valence-corrected chi connectivity index (χ0v) is 18.5. The van der Waals surface area contributed by atoms with E-state index in [1.54, 1.807) is 12.1 Å². The summed E-state index contributed by atoms with van der Waals surface area (Å²) in [5.74, 6) is -0.0713. The second-order valence-corrected chi connectivity index (χ2v) is 7.94. The Morgan fingerprint density at radius 2 is 1.88 bits per heavy atom. The van der Waals surface area contributed by atoms with E-state index in [1.165, 1.54) is 12.8 Å². The number of nitrogens with zero attached hydrogens (tertiary/aromatic N) is 3. The smallest absolute Gasteiger partial charge is 0.314 e. The molecule has 33 heavy (non-hydrogen) atoms. The minimum atomic E-state index is -2.75. The number of anilines is 1. The summed E-state index contributed by atoms with van der Waals surface area (Å²) in [7, 11) is 0. The number of para-hydroxylation sites is 1. The summed E-state index contributed by atoms with van der Waals surface area (Å²) in [5, 5.41) is 19.1. The van der Waals surface area contributed by atoms with Crippen molar-refractivity contribution in [3.8, 4) is 11.5 Å². The Morgan fingerprint density at radius 1 is 1.12 bits per heavy atom. The number of alkyl halides is 2. The molecule has 1 aliphatic heterocycles. The maximum Gasteiger partial charge on any atom is 0.314 e. The van der Waals surface area contributed by atoms with Crippen molar-refractivity contribution in [2.24, 2.45) is 11.7 Å². The lowest BCUT2D eigenvalue weighted by molar-refractivity contribution is 0.116. The molecule has 4 rings (SSSR count). The molecule has 9 heteroatoms. The van der Waals surface area contributed by atoms with E-state index in [9.17, 15) is 8.78 Å². The van der Waals surface area contributed by atoms with Gasteiger partial charge in [0.15, 0.2) is 0 Å². The van der Waals surface area contributed by atoms with Gasteiger partial charge in [-0.25, -0.2) is 0 Å². The Bertz CT molecular complexity index is 936. The molecule has 4 N–H and O–H groups in total. The van der Waals surface area contributed by atoms with Gasteiger partial charge in [0.05, 0.1) is 0 Å². The molecule has 1 saturated heterocycles. The highest BCUT2D eigenvalue weighted by Crippen LogP contribution is 2.23. The van der Waals surface area contributed by atoms with E-state index in [0.29, 0.717) is 24.6 Å². The summed E-state index contributed by atoms with van der Waals surface area (Å²) >= 11 is 0. The van der Waals surface area contributed by atoms with Gasteiger partial charge in [0.1, 0.15) is 0 Å². The topological polar surface area (TPSA) is 100 Å². The third kappa shape index (κ3) is 7.88. The predicted octanol–water partition coefficient (Wildman–Crippen LogP) is 3.94. The second-order valence-electron chi connectivity index (χ2n) is 7.94. The van der Waals surface area contributed by atoms with E-state index in [2.05, 4.69) is 20.4 Å². The lowest BCUT2D eigenvalue weighted by Gasteiger charge is -2.31. The van der Waals surface area contributed by atoms with E-state index < -0.39 is 12.3 Å². The minimum Gasteiger partial charge on any atom is -0.415 e. The maximum atomic E-state index is 12.4. The zero-order valence-electron chi connectivity index (χ0n) is 18.5. The summed E-state index contributed by atoms with van der Waals surface area (Å²) in [5.41, 5.74) is 8.14. The fourth-order valence-corrected chi connectivity index (χ4v) is 3.65. The summed E-state index contributed by atoms with van der Waals surface area (Å²) in [6, 6.07) is 17.2. The van der Waals surface area contributed by atoms with Gasteiger partial charge < -0.3 is 25.5 Å². The van der Waals surface area contributed by atoms with E-state index in [4.69, 9.17) is 15.3 Å². The molecule has 2 heterocycles. The number of nitrogens with two attached hydrogens (primary N) is 1. The van der Waals surface area contributed by atoms with Crippen LogP contribution in [0.2, 0.25) is 0 Å². The molecule has 2 aromatic carbocycles. The van der Waals surface area contributed by atoms with Crippen LogP contribution in [-0.2, 0) is 6.54 Å². The normalized spacial score (nSPS) is 16.3. The van der Waals surface area contributed by atoms with Gasteiger partial charge in [0, 0.05) is 44.0 Å². The highest BCUT2D eigenvalue weighted by Gasteiger charge is 2.18. The van der Waals surface area contributed by atoms with Gasteiger partial charge in [-0.05, 0) is 55.1 Å². The van der Waals surface area contributed by atoms with Gasteiger partial charge >= 0.3 is 6.43 Å². The van der Waals surface area contributed by atoms with Crippen LogP contribution in [0.15, 0.2) is 59.0 Å². The Morgan fingerprint density at radius 3 is 2.52 bits per heavy atom. The van der Waals surface area contributed by atoms with Crippen molar-refractivity contribution < 1.29 is 18.3 Å². The van der Waals surface area contributed by atoms with Crippen LogP contribution in [0, 0.1) is 5.92 Å². The van der Waals surface area contributed by atoms with Crippen molar-refractivity contribution in [2.75, 3.05) is 38.1 Å². The molecule has 0 spiro atoms. The average molecular weight is 460 g/mol. The molecule has 178 valence electrons. The summed E-state index contributed by atoms with van der Waals surface area (Å²) in [6.07, 6.45) is -0.362. The maximum absolute atomic E-state index is 12.4. The van der Waals surface area contributed by atoms with Crippen LogP contribution >= 0.6 is 0 Å². The van der Waals surface area contributed by atoms with Crippen molar-refractivity contribution in [3.05, 3.63) is 66.1 Å². The van der Waals surface area contributed by atoms with Crippen LogP contribution in [0.3, 0.4) is 0 Å². The molecule has 0 saturated carbocycles. The monoisotopic (exact) mass is 459 g/mol. The zero-order chi connectivity index (χ0) is 23.5. The van der Waals surface area contributed by atoms with Gasteiger partial charge in [-0.15, -0.1) is 10.2 Å². The third-order valence-electron chi connectivity index (χ3n) is 5.41. The first-order chi connectivity index (χ1) is 16.1. The highest BCUT2D eigenvalue weighted by atomic mass is 19.3.